The van der Waals surface area contributed by atoms with Crippen molar-refractivity contribution in [3.8, 4) is 0 Å². The largest absolute Gasteiger partial charge is 0.378 e. The van der Waals surface area contributed by atoms with Crippen molar-refractivity contribution in [3.05, 3.63) is 18.0 Å². The molecule has 0 spiro atoms. The molecule has 4 nitrogen and oxygen atoms in total. The lowest BCUT2D eigenvalue weighted by Gasteiger charge is -2.53. The first-order chi connectivity index (χ1) is 8.60. The van der Waals surface area contributed by atoms with E-state index in [-0.39, 0.29) is 5.41 Å². The molecule has 1 fully saturated rings. The lowest BCUT2D eigenvalue weighted by Crippen LogP contribution is -2.61. The summed E-state index contributed by atoms with van der Waals surface area (Å²) >= 11 is 0. The third kappa shape index (κ3) is 2.45. The topological polar surface area (TPSA) is 39.1 Å². The molecule has 1 aromatic rings. The Labute approximate surface area is 110 Å². The summed E-state index contributed by atoms with van der Waals surface area (Å²) in [6, 6.07) is 0.555. The van der Waals surface area contributed by atoms with Crippen molar-refractivity contribution < 1.29 is 4.74 Å². The molecule has 0 radical (unpaired) electrons. The predicted octanol–water partition coefficient (Wildman–Crippen LogP) is 2.10. The van der Waals surface area contributed by atoms with Crippen LogP contribution in [0.4, 0.5) is 0 Å². The van der Waals surface area contributed by atoms with Crippen LogP contribution in [0.15, 0.2) is 12.4 Å². The second-order valence-corrected chi connectivity index (χ2v) is 5.49. The molecule has 3 atom stereocenters. The molecular formula is C14H25N3O. The van der Waals surface area contributed by atoms with Crippen LogP contribution < -0.4 is 5.32 Å². The highest BCUT2D eigenvalue weighted by Gasteiger charge is 2.50. The molecule has 1 heterocycles. The molecule has 0 aromatic carbocycles. The highest BCUT2D eigenvalue weighted by Crippen LogP contribution is 2.45. The van der Waals surface area contributed by atoms with Gasteiger partial charge in [0.2, 0.25) is 0 Å². The number of ether oxygens (including phenoxy) is 1. The van der Waals surface area contributed by atoms with Crippen LogP contribution in [0.2, 0.25) is 0 Å². The lowest BCUT2D eigenvalue weighted by atomic mass is 9.61. The maximum absolute atomic E-state index is 5.81. The summed E-state index contributed by atoms with van der Waals surface area (Å²) < 4.78 is 7.66. The summed E-state index contributed by atoms with van der Waals surface area (Å²) in [5, 5.41) is 7.84. The monoisotopic (exact) mass is 251 g/mol. The quantitative estimate of drug-likeness (QED) is 0.841. The minimum absolute atomic E-state index is 0.276. The van der Waals surface area contributed by atoms with Crippen LogP contribution in [0, 0.1) is 5.41 Å². The van der Waals surface area contributed by atoms with Gasteiger partial charge in [0, 0.05) is 43.4 Å². The average Bonchev–Trinajstić information content (AvgIpc) is 2.77. The van der Waals surface area contributed by atoms with Crippen molar-refractivity contribution in [2.24, 2.45) is 12.5 Å². The van der Waals surface area contributed by atoms with Crippen molar-refractivity contribution in [2.45, 2.75) is 52.3 Å². The van der Waals surface area contributed by atoms with E-state index < -0.39 is 0 Å². The molecule has 18 heavy (non-hydrogen) atoms. The van der Waals surface area contributed by atoms with Gasteiger partial charge in [-0.1, -0.05) is 13.8 Å². The lowest BCUT2D eigenvalue weighted by molar-refractivity contribution is -0.126. The average molecular weight is 251 g/mol. The van der Waals surface area contributed by atoms with Gasteiger partial charge in [-0.3, -0.25) is 4.68 Å². The minimum Gasteiger partial charge on any atom is -0.378 e. The Hall–Kier alpha value is -0.870. The van der Waals surface area contributed by atoms with Crippen LogP contribution in [0.25, 0.3) is 0 Å². The second-order valence-electron chi connectivity index (χ2n) is 5.49. The molecule has 1 saturated carbocycles. The Morgan fingerprint density at radius 3 is 2.89 bits per heavy atom. The fraction of sp³-hybridized carbons (Fsp3) is 0.786. The van der Waals surface area contributed by atoms with E-state index in [2.05, 4.69) is 37.4 Å². The number of nitrogens with zero attached hydrogens (tertiary/aromatic N) is 2. The van der Waals surface area contributed by atoms with Crippen LogP contribution >= 0.6 is 0 Å². The fourth-order valence-electron chi connectivity index (χ4n) is 2.87. The molecule has 0 aliphatic heterocycles. The van der Waals surface area contributed by atoms with Crippen LogP contribution in [0.5, 0.6) is 0 Å². The molecule has 1 aliphatic rings. The van der Waals surface area contributed by atoms with Gasteiger partial charge in [0.1, 0.15) is 0 Å². The van der Waals surface area contributed by atoms with Gasteiger partial charge in [0.05, 0.1) is 12.3 Å². The van der Waals surface area contributed by atoms with Crippen molar-refractivity contribution in [3.63, 3.8) is 0 Å². The highest BCUT2D eigenvalue weighted by atomic mass is 16.5. The van der Waals surface area contributed by atoms with E-state index in [9.17, 15) is 0 Å². The van der Waals surface area contributed by atoms with E-state index in [1.54, 1.807) is 0 Å². The Bertz CT molecular complexity index is 390. The first kappa shape index (κ1) is 13.6. The molecule has 0 saturated heterocycles. The Balaban J connectivity index is 1.87. The zero-order valence-corrected chi connectivity index (χ0v) is 11.9. The molecular weight excluding hydrogens is 226 g/mol. The van der Waals surface area contributed by atoms with Gasteiger partial charge in [-0.15, -0.1) is 0 Å². The summed E-state index contributed by atoms with van der Waals surface area (Å²) in [5.41, 5.74) is 1.52. The Morgan fingerprint density at radius 2 is 2.33 bits per heavy atom. The molecule has 3 unspecified atom stereocenters. The van der Waals surface area contributed by atoms with Crippen molar-refractivity contribution >= 4 is 0 Å². The van der Waals surface area contributed by atoms with Gasteiger partial charge in [-0.2, -0.15) is 5.10 Å². The van der Waals surface area contributed by atoms with Crippen molar-refractivity contribution in [1.82, 2.24) is 15.1 Å². The molecule has 4 heteroatoms. The third-order valence-corrected chi connectivity index (χ3v) is 4.42. The number of aromatic nitrogens is 2. The smallest absolute Gasteiger partial charge is 0.0658 e. The SMILES string of the molecule is CCOC1CC(NCc2cnn(C)c2)C1(C)CC. The standard InChI is InChI=1S/C14H25N3O/c1-5-14(3)12(7-13(14)18-6-2)15-8-11-9-16-17(4)10-11/h9-10,12-13,15H,5-8H2,1-4H3. The highest BCUT2D eigenvalue weighted by molar-refractivity contribution is 5.08. The van der Waals surface area contributed by atoms with Gasteiger partial charge in [0.25, 0.3) is 0 Å². The summed E-state index contributed by atoms with van der Waals surface area (Å²) in [6.07, 6.45) is 6.68. The van der Waals surface area contributed by atoms with Gasteiger partial charge in [-0.25, -0.2) is 0 Å². The van der Waals surface area contributed by atoms with Gasteiger partial charge < -0.3 is 10.1 Å². The summed E-state index contributed by atoms with van der Waals surface area (Å²) in [7, 11) is 1.95. The van der Waals surface area contributed by atoms with E-state index in [1.165, 1.54) is 5.56 Å². The molecule has 102 valence electrons. The predicted molar refractivity (Wildman–Crippen MR) is 72.3 cm³/mol. The molecule has 1 aromatic heterocycles. The van der Waals surface area contributed by atoms with E-state index in [0.717, 1.165) is 26.0 Å². The van der Waals surface area contributed by atoms with E-state index in [4.69, 9.17) is 4.74 Å². The summed E-state index contributed by atoms with van der Waals surface area (Å²) in [6.45, 7) is 8.37. The summed E-state index contributed by atoms with van der Waals surface area (Å²) in [4.78, 5) is 0. The number of aryl methyl sites for hydroxylation is 1. The number of nitrogens with one attached hydrogen (secondary N) is 1. The molecule has 0 amide bonds. The number of hydrogen-bond donors (Lipinski definition) is 1. The van der Waals surface area contributed by atoms with E-state index in [0.29, 0.717) is 12.1 Å². The van der Waals surface area contributed by atoms with Gasteiger partial charge in [0.15, 0.2) is 0 Å². The maximum Gasteiger partial charge on any atom is 0.0658 e. The zero-order chi connectivity index (χ0) is 13.2. The number of hydrogen-bond acceptors (Lipinski definition) is 3. The van der Waals surface area contributed by atoms with E-state index >= 15 is 0 Å². The Morgan fingerprint density at radius 1 is 1.56 bits per heavy atom. The molecule has 1 N–H and O–H groups in total. The molecule has 0 bridgehead atoms. The zero-order valence-electron chi connectivity index (χ0n) is 11.9. The fourth-order valence-corrected chi connectivity index (χ4v) is 2.87. The molecule has 2 rings (SSSR count). The second kappa shape index (κ2) is 5.41. The van der Waals surface area contributed by atoms with Crippen molar-refractivity contribution in [1.29, 1.82) is 0 Å². The molecule has 1 aliphatic carbocycles. The van der Waals surface area contributed by atoms with Crippen LogP contribution in [0.1, 0.15) is 39.2 Å². The van der Waals surface area contributed by atoms with Crippen LogP contribution in [-0.2, 0) is 18.3 Å². The Kier molecular flexibility index (Phi) is 4.07. The first-order valence-corrected chi connectivity index (χ1v) is 6.92. The maximum atomic E-state index is 5.81. The van der Waals surface area contributed by atoms with Crippen molar-refractivity contribution in [2.75, 3.05) is 6.61 Å². The minimum atomic E-state index is 0.276. The van der Waals surface area contributed by atoms with Gasteiger partial charge in [-0.05, 0) is 19.8 Å². The van der Waals surface area contributed by atoms with E-state index in [1.807, 2.05) is 17.9 Å². The third-order valence-electron chi connectivity index (χ3n) is 4.42. The normalized spacial score (nSPS) is 31.3. The van der Waals surface area contributed by atoms with Crippen LogP contribution in [-0.4, -0.2) is 28.5 Å². The first-order valence-electron chi connectivity index (χ1n) is 6.92. The van der Waals surface area contributed by atoms with Crippen LogP contribution in [0.3, 0.4) is 0 Å². The summed E-state index contributed by atoms with van der Waals surface area (Å²) in [5.74, 6) is 0. The number of rotatable bonds is 6. The van der Waals surface area contributed by atoms with Gasteiger partial charge >= 0.3 is 0 Å².